The van der Waals surface area contributed by atoms with E-state index in [2.05, 4.69) is 5.10 Å². The number of hydrogen-bond donors (Lipinski definition) is 0. The first-order valence-electron chi connectivity index (χ1n) is 3.66. The van der Waals surface area contributed by atoms with Gasteiger partial charge in [0.15, 0.2) is 0 Å². The van der Waals surface area contributed by atoms with Gasteiger partial charge in [-0.25, -0.2) is 0 Å². The lowest BCUT2D eigenvalue weighted by atomic mass is 10.3. The van der Waals surface area contributed by atoms with Crippen molar-refractivity contribution < 1.29 is 0 Å². The van der Waals surface area contributed by atoms with Crippen LogP contribution in [0.1, 0.15) is 5.69 Å². The zero-order chi connectivity index (χ0) is 9.26. The number of aromatic nitrogens is 2. The summed E-state index contributed by atoms with van der Waals surface area (Å²) in [4.78, 5) is 1.10. The van der Waals surface area contributed by atoms with E-state index in [1.807, 2.05) is 23.6 Å². The summed E-state index contributed by atoms with van der Waals surface area (Å²) >= 11 is 13.1. The van der Waals surface area contributed by atoms with Crippen LogP contribution in [0, 0.1) is 0 Å². The van der Waals surface area contributed by atoms with Gasteiger partial charge in [-0.15, -0.1) is 22.9 Å². The lowest BCUT2D eigenvalue weighted by molar-refractivity contribution is 0.963. The Labute approximate surface area is 89.8 Å². The van der Waals surface area contributed by atoms with Crippen LogP contribution in [0.5, 0.6) is 0 Å². The van der Waals surface area contributed by atoms with Gasteiger partial charge >= 0.3 is 0 Å². The van der Waals surface area contributed by atoms with E-state index in [0.717, 1.165) is 16.3 Å². The zero-order valence-corrected chi connectivity index (χ0v) is 8.90. The van der Waals surface area contributed by atoms with E-state index in [-0.39, 0.29) is 0 Å². The van der Waals surface area contributed by atoms with Gasteiger partial charge in [0.1, 0.15) is 0 Å². The van der Waals surface area contributed by atoms with Crippen molar-refractivity contribution in [3.8, 4) is 10.6 Å². The summed E-state index contributed by atoms with van der Waals surface area (Å²) in [5.41, 5.74) is 1.69. The number of thiophene rings is 1. The van der Waals surface area contributed by atoms with Crippen LogP contribution in [0.3, 0.4) is 0 Å². The molecule has 0 bridgehead atoms. The third kappa shape index (κ3) is 1.73. The normalized spacial score (nSPS) is 10.6. The van der Waals surface area contributed by atoms with Crippen molar-refractivity contribution in [3.63, 3.8) is 0 Å². The van der Waals surface area contributed by atoms with Gasteiger partial charge in [-0.2, -0.15) is 9.30 Å². The van der Waals surface area contributed by atoms with Crippen LogP contribution in [-0.4, -0.2) is 9.30 Å². The Balaban J connectivity index is 2.46. The maximum absolute atomic E-state index is 5.87. The molecule has 0 atom stereocenters. The second-order valence-electron chi connectivity index (χ2n) is 2.49. The van der Waals surface area contributed by atoms with E-state index in [4.69, 9.17) is 23.4 Å². The van der Waals surface area contributed by atoms with E-state index in [0.29, 0.717) is 5.88 Å². The molecule has 0 saturated carbocycles. The van der Waals surface area contributed by atoms with Gasteiger partial charge in [-0.1, -0.05) is 6.07 Å². The molecule has 0 aliphatic carbocycles. The Morgan fingerprint density at radius 1 is 1.54 bits per heavy atom. The van der Waals surface area contributed by atoms with Crippen LogP contribution in [-0.2, 0) is 5.88 Å². The van der Waals surface area contributed by atoms with Gasteiger partial charge in [0.2, 0.25) is 0 Å². The SMILES string of the molecule is ClCc1cc(-c2cccs2)n(Cl)n1. The predicted octanol–water partition coefficient (Wildman–Crippen LogP) is 3.35. The zero-order valence-electron chi connectivity index (χ0n) is 6.58. The highest BCUT2D eigenvalue weighted by Crippen LogP contribution is 2.26. The lowest BCUT2D eigenvalue weighted by Gasteiger charge is -1.92. The molecule has 0 aliphatic heterocycles. The first-order chi connectivity index (χ1) is 6.31. The monoisotopic (exact) mass is 232 g/mol. The van der Waals surface area contributed by atoms with Gasteiger partial charge in [-0.3, -0.25) is 0 Å². The van der Waals surface area contributed by atoms with Gasteiger partial charge in [0, 0.05) is 11.8 Å². The predicted molar refractivity (Wildman–Crippen MR) is 56.3 cm³/mol. The third-order valence-corrected chi connectivity index (χ3v) is 3.05. The largest absolute Gasteiger partial charge is 0.171 e. The van der Waals surface area contributed by atoms with Crippen LogP contribution in [0.15, 0.2) is 23.6 Å². The van der Waals surface area contributed by atoms with Crippen molar-refractivity contribution in [2.75, 3.05) is 0 Å². The molecule has 0 N–H and O–H groups in total. The fourth-order valence-corrected chi connectivity index (χ4v) is 2.20. The minimum absolute atomic E-state index is 0.387. The summed E-state index contributed by atoms with van der Waals surface area (Å²) in [6.07, 6.45) is 0. The first kappa shape index (κ1) is 9.06. The maximum Gasteiger partial charge on any atom is 0.0974 e. The van der Waals surface area contributed by atoms with E-state index in [1.54, 1.807) is 11.3 Å². The van der Waals surface area contributed by atoms with Gasteiger partial charge in [0.05, 0.1) is 22.1 Å². The molecule has 0 amide bonds. The molecule has 2 rings (SSSR count). The number of halogens is 2. The van der Waals surface area contributed by atoms with E-state index in [1.165, 1.54) is 4.20 Å². The molecular formula is C8H6Cl2N2S. The molecule has 2 heterocycles. The van der Waals surface area contributed by atoms with Crippen molar-refractivity contribution in [2.24, 2.45) is 0 Å². The lowest BCUT2D eigenvalue weighted by Crippen LogP contribution is -1.85. The quantitative estimate of drug-likeness (QED) is 0.727. The van der Waals surface area contributed by atoms with Crippen molar-refractivity contribution >= 4 is 34.7 Å². The smallest absolute Gasteiger partial charge is 0.0974 e. The van der Waals surface area contributed by atoms with E-state index < -0.39 is 0 Å². The fourth-order valence-electron chi connectivity index (χ4n) is 1.06. The van der Waals surface area contributed by atoms with Gasteiger partial charge in [-0.05, 0) is 17.5 Å². The second kappa shape index (κ2) is 3.70. The molecule has 0 spiro atoms. The Kier molecular flexibility index (Phi) is 2.58. The van der Waals surface area contributed by atoms with Crippen molar-refractivity contribution in [1.82, 2.24) is 9.30 Å². The standard InChI is InChI=1S/C8H6Cl2N2S/c9-5-6-4-7(12(10)11-6)8-2-1-3-13-8/h1-4H,5H2. The van der Waals surface area contributed by atoms with Crippen LogP contribution in [0.4, 0.5) is 0 Å². The van der Waals surface area contributed by atoms with E-state index >= 15 is 0 Å². The van der Waals surface area contributed by atoms with Crippen molar-refractivity contribution in [2.45, 2.75) is 5.88 Å². The summed E-state index contributed by atoms with van der Waals surface area (Å²) in [5, 5.41) is 6.04. The molecule has 0 radical (unpaired) electrons. The Morgan fingerprint density at radius 2 is 2.38 bits per heavy atom. The van der Waals surface area contributed by atoms with Crippen molar-refractivity contribution in [1.29, 1.82) is 0 Å². The molecule has 5 heteroatoms. The Hall–Kier alpha value is -0.510. The summed E-state index contributed by atoms with van der Waals surface area (Å²) in [7, 11) is 0. The molecule has 0 fully saturated rings. The molecule has 0 aliphatic rings. The van der Waals surface area contributed by atoms with E-state index in [9.17, 15) is 0 Å². The highest BCUT2D eigenvalue weighted by atomic mass is 35.5. The minimum atomic E-state index is 0.387. The number of hydrogen-bond acceptors (Lipinski definition) is 2. The maximum atomic E-state index is 5.87. The molecular weight excluding hydrogens is 227 g/mol. The Bertz CT molecular complexity index is 394. The van der Waals surface area contributed by atoms with Crippen molar-refractivity contribution in [3.05, 3.63) is 29.3 Å². The molecule has 0 unspecified atom stereocenters. The number of nitrogens with zero attached hydrogens (tertiary/aromatic N) is 2. The molecule has 68 valence electrons. The fraction of sp³-hybridized carbons (Fsp3) is 0.125. The average Bonchev–Trinajstić information content (AvgIpc) is 2.72. The first-order valence-corrected chi connectivity index (χ1v) is 5.41. The minimum Gasteiger partial charge on any atom is -0.171 e. The van der Waals surface area contributed by atoms with Crippen LogP contribution >= 0.6 is 34.7 Å². The van der Waals surface area contributed by atoms with Crippen LogP contribution < -0.4 is 0 Å². The highest BCUT2D eigenvalue weighted by Gasteiger charge is 2.08. The average molecular weight is 233 g/mol. The summed E-state index contributed by atoms with van der Waals surface area (Å²) in [6, 6.07) is 5.87. The molecule has 13 heavy (non-hydrogen) atoms. The highest BCUT2D eigenvalue weighted by molar-refractivity contribution is 7.13. The molecule has 2 aromatic heterocycles. The third-order valence-electron chi connectivity index (χ3n) is 1.63. The summed E-state index contributed by atoms with van der Waals surface area (Å²) in [5.74, 6) is 0.387. The van der Waals surface area contributed by atoms with Crippen LogP contribution in [0.25, 0.3) is 10.6 Å². The molecule has 2 nitrogen and oxygen atoms in total. The Morgan fingerprint density at radius 3 is 2.92 bits per heavy atom. The van der Waals surface area contributed by atoms with Crippen LogP contribution in [0.2, 0.25) is 0 Å². The topological polar surface area (TPSA) is 17.8 Å². The van der Waals surface area contributed by atoms with Gasteiger partial charge in [0.25, 0.3) is 0 Å². The summed E-state index contributed by atoms with van der Waals surface area (Å²) in [6.45, 7) is 0. The number of rotatable bonds is 2. The molecule has 0 aromatic carbocycles. The van der Waals surface area contributed by atoms with Gasteiger partial charge < -0.3 is 0 Å². The summed E-state index contributed by atoms with van der Waals surface area (Å²) < 4.78 is 1.34. The molecule has 0 saturated heterocycles. The number of alkyl halides is 1. The molecule has 2 aromatic rings. The second-order valence-corrected chi connectivity index (χ2v) is 4.03.